The van der Waals surface area contributed by atoms with Gasteiger partial charge >= 0.3 is 0 Å². The van der Waals surface area contributed by atoms with Crippen molar-refractivity contribution in [3.63, 3.8) is 0 Å². The van der Waals surface area contributed by atoms with Crippen molar-refractivity contribution < 1.29 is 13.2 Å². The third kappa shape index (κ3) is 5.65. The molecule has 1 fully saturated rings. The van der Waals surface area contributed by atoms with E-state index >= 15 is 0 Å². The third-order valence-corrected chi connectivity index (χ3v) is 4.74. The summed E-state index contributed by atoms with van der Waals surface area (Å²) < 4.78 is 32.3. The average molecular weight is 312 g/mol. The predicted molar refractivity (Wildman–Crippen MR) is 84.8 cm³/mol. The first-order valence-electron chi connectivity index (χ1n) is 7.51. The molecule has 1 aliphatic rings. The van der Waals surface area contributed by atoms with Crippen LogP contribution in [-0.2, 0) is 21.3 Å². The van der Waals surface area contributed by atoms with E-state index in [0.717, 1.165) is 37.9 Å². The highest BCUT2D eigenvalue weighted by Gasteiger charge is 2.23. The zero-order valence-electron chi connectivity index (χ0n) is 12.5. The number of ether oxygens (including phenoxy) is 1. The summed E-state index contributed by atoms with van der Waals surface area (Å²) in [7, 11) is -3.36. The van der Waals surface area contributed by atoms with E-state index in [1.807, 2.05) is 18.2 Å². The summed E-state index contributed by atoms with van der Waals surface area (Å²) in [6.07, 6.45) is 2.67. The molecule has 0 aromatic heterocycles. The summed E-state index contributed by atoms with van der Waals surface area (Å²) in [6.45, 7) is 4.48. The lowest BCUT2D eigenvalue weighted by atomic mass is 10.2. The molecule has 1 aromatic carbocycles. The van der Waals surface area contributed by atoms with E-state index in [1.54, 1.807) is 6.07 Å². The number of anilines is 1. The maximum atomic E-state index is 12.1. The molecule has 1 atom stereocenters. The Hall–Kier alpha value is -1.11. The minimum atomic E-state index is -3.36. The fourth-order valence-electron chi connectivity index (χ4n) is 2.40. The second-order valence-electron chi connectivity index (χ2n) is 5.40. The molecule has 1 aromatic rings. The van der Waals surface area contributed by atoms with Crippen LogP contribution in [0.1, 0.15) is 31.7 Å². The molecule has 0 radical (unpaired) electrons. The minimum Gasteiger partial charge on any atom is -0.377 e. The van der Waals surface area contributed by atoms with E-state index in [-0.39, 0.29) is 11.9 Å². The Labute approximate surface area is 127 Å². The molecule has 1 unspecified atom stereocenters. The highest BCUT2D eigenvalue weighted by Crippen LogP contribution is 2.17. The van der Waals surface area contributed by atoms with Crippen molar-refractivity contribution in [3.05, 3.63) is 29.8 Å². The highest BCUT2D eigenvalue weighted by atomic mass is 32.2. The lowest BCUT2D eigenvalue weighted by Crippen LogP contribution is -2.25. The van der Waals surface area contributed by atoms with Crippen LogP contribution in [0.25, 0.3) is 0 Å². The van der Waals surface area contributed by atoms with Crippen molar-refractivity contribution in [1.29, 1.82) is 0 Å². The fourth-order valence-corrected chi connectivity index (χ4v) is 3.72. The number of sulfonamides is 1. The Kier molecular flexibility index (Phi) is 6.02. The first kappa shape index (κ1) is 16.3. The predicted octanol–water partition coefficient (Wildman–Crippen LogP) is 2.11. The smallest absolute Gasteiger partial charge is 0.235 e. The van der Waals surface area contributed by atoms with Crippen LogP contribution in [0, 0.1) is 0 Å². The quantitative estimate of drug-likeness (QED) is 0.722. The SMILES string of the molecule is CCCNCc1cccc(NS(=O)(=O)CC2CCCO2)c1. The van der Waals surface area contributed by atoms with Crippen molar-refractivity contribution in [2.75, 3.05) is 23.6 Å². The molecule has 0 bridgehead atoms. The highest BCUT2D eigenvalue weighted by molar-refractivity contribution is 7.92. The first-order valence-corrected chi connectivity index (χ1v) is 9.16. The number of hydrogen-bond donors (Lipinski definition) is 2. The van der Waals surface area contributed by atoms with Crippen LogP contribution < -0.4 is 10.0 Å². The molecule has 21 heavy (non-hydrogen) atoms. The van der Waals surface area contributed by atoms with Gasteiger partial charge in [-0.3, -0.25) is 4.72 Å². The molecule has 118 valence electrons. The Morgan fingerprint density at radius 3 is 2.95 bits per heavy atom. The zero-order valence-corrected chi connectivity index (χ0v) is 13.3. The normalized spacial score (nSPS) is 18.8. The standard InChI is InChI=1S/C15H24N2O3S/c1-2-8-16-11-13-5-3-6-14(10-13)17-21(18,19)12-15-7-4-9-20-15/h3,5-6,10,15-17H,2,4,7-9,11-12H2,1H3. The fraction of sp³-hybridized carbons (Fsp3) is 0.600. The van der Waals surface area contributed by atoms with Gasteiger partial charge in [0.25, 0.3) is 0 Å². The van der Waals surface area contributed by atoms with Crippen molar-refractivity contribution in [2.24, 2.45) is 0 Å². The monoisotopic (exact) mass is 312 g/mol. The Morgan fingerprint density at radius 1 is 1.38 bits per heavy atom. The molecule has 1 aliphatic heterocycles. The minimum absolute atomic E-state index is 0.0330. The maximum absolute atomic E-state index is 12.1. The van der Waals surface area contributed by atoms with Crippen LogP contribution >= 0.6 is 0 Å². The van der Waals surface area contributed by atoms with Crippen LogP contribution in [0.3, 0.4) is 0 Å². The molecule has 2 rings (SSSR count). The van der Waals surface area contributed by atoms with Crippen LogP contribution in [0.15, 0.2) is 24.3 Å². The van der Waals surface area contributed by atoms with Gasteiger partial charge in [0, 0.05) is 18.8 Å². The van der Waals surface area contributed by atoms with Crippen molar-refractivity contribution >= 4 is 15.7 Å². The van der Waals surface area contributed by atoms with Crippen LogP contribution in [0.2, 0.25) is 0 Å². The van der Waals surface area contributed by atoms with E-state index in [9.17, 15) is 8.42 Å². The van der Waals surface area contributed by atoms with Crippen molar-refractivity contribution in [2.45, 2.75) is 38.8 Å². The molecule has 1 saturated heterocycles. The summed E-state index contributed by atoms with van der Waals surface area (Å²) in [5.74, 6) is 0.0330. The summed E-state index contributed by atoms with van der Waals surface area (Å²) in [5.41, 5.74) is 1.68. The lowest BCUT2D eigenvalue weighted by Gasteiger charge is -2.13. The molecule has 5 nitrogen and oxygen atoms in total. The molecule has 0 amide bonds. The van der Waals surface area contributed by atoms with E-state index in [4.69, 9.17) is 4.74 Å². The maximum Gasteiger partial charge on any atom is 0.235 e. The van der Waals surface area contributed by atoms with Gasteiger partial charge in [0.1, 0.15) is 0 Å². The van der Waals surface area contributed by atoms with Gasteiger partial charge in [-0.15, -0.1) is 0 Å². The zero-order chi connectivity index (χ0) is 15.1. The van der Waals surface area contributed by atoms with Gasteiger partial charge in [0.05, 0.1) is 11.9 Å². The Bertz CT molecular complexity index is 540. The molecule has 0 saturated carbocycles. The second-order valence-corrected chi connectivity index (χ2v) is 7.16. The molecule has 0 aliphatic carbocycles. The van der Waals surface area contributed by atoms with Gasteiger partial charge in [0.15, 0.2) is 0 Å². The molecule has 1 heterocycles. The average Bonchev–Trinajstić information content (AvgIpc) is 2.91. The number of hydrogen-bond acceptors (Lipinski definition) is 4. The molecule has 0 spiro atoms. The number of benzene rings is 1. The van der Waals surface area contributed by atoms with Gasteiger partial charge in [-0.05, 0) is 43.5 Å². The van der Waals surface area contributed by atoms with Crippen LogP contribution in [0.4, 0.5) is 5.69 Å². The van der Waals surface area contributed by atoms with Crippen molar-refractivity contribution in [1.82, 2.24) is 5.32 Å². The molecule has 6 heteroatoms. The van der Waals surface area contributed by atoms with Gasteiger partial charge in [-0.2, -0.15) is 0 Å². The number of rotatable bonds is 8. The molecular formula is C15H24N2O3S. The van der Waals surface area contributed by atoms with Gasteiger partial charge < -0.3 is 10.1 Å². The van der Waals surface area contributed by atoms with E-state index in [0.29, 0.717) is 12.3 Å². The van der Waals surface area contributed by atoms with Crippen LogP contribution in [-0.4, -0.2) is 33.4 Å². The Morgan fingerprint density at radius 2 is 2.24 bits per heavy atom. The van der Waals surface area contributed by atoms with E-state index in [1.165, 1.54) is 0 Å². The summed E-state index contributed by atoms with van der Waals surface area (Å²) in [4.78, 5) is 0. The summed E-state index contributed by atoms with van der Waals surface area (Å²) in [6, 6.07) is 7.50. The van der Waals surface area contributed by atoms with Gasteiger partial charge in [-0.25, -0.2) is 8.42 Å². The molecule has 2 N–H and O–H groups in total. The first-order chi connectivity index (χ1) is 10.1. The summed E-state index contributed by atoms with van der Waals surface area (Å²) in [5, 5.41) is 3.30. The van der Waals surface area contributed by atoms with E-state index in [2.05, 4.69) is 17.0 Å². The van der Waals surface area contributed by atoms with Gasteiger partial charge in [-0.1, -0.05) is 19.1 Å². The third-order valence-electron chi connectivity index (χ3n) is 3.39. The van der Waals surface area contributed by atoms with Gasteiger partial charge in [0.2, 0.25) is 10.0 Å². The topological polar surface area (TPSA) is 67.4 Å². The van der Waals surface area contributed by atoms with Crippen molar-refractivity contribution in [3.8, 4) is 0 Å². The Balaban J connectivity index is 1.93. The summed E-state index contributed by atoms with van der Waals surface area (Å²) >= 11 is 0. The molecular weight excluding hydrogens is 288 g/mol. The lowest BCUT2D eigenvalue weighted by molar-refractivity contribution is 0.127. The second kappa shape index (κ2) is 7.77. The van der Waals surface area contributed by atoms with Crippen LogP contribution in [0.5, 0.6) is 0 Å². The van der Waals surface area contributed by atoms with E-state index < -0.39 is 10.0 Å². The number of nitrogens with one attached hydrogen (secondary N) is 2. The largest absolute Gasteiger partial charge is 0.377 e.